The van der Waals surface area contributed by atoms with Crippen molar-refractivity contribution in [3.63, 3.8) is 0 Å². The van der Waals surface area contributed by atoms with Crippen molar-refractivity contribution in [2.24, 2.45) is 5.84 Å². The van der Waals surface area contributed by atoms with Crippen molar-refractivity contribution >= 4 is 5.82 Å². The minimum Gasteiger partial charge on any atom is -0.391 e. The Morgan fingerprint density at radius 3 is 2.78 bits per heavy atom. The number of aromatic nitrogens is 2. The molecule has 6 heteroatoms. The maximum absolute atomic E-state index is 10.00. The van der Waals surface area contributed by atoms with Crippen LogP contribution in [0.4, 0.5) is 5.82 Å². The first-order valence-electron chi connectivity index (χ1n) is 6.36. The average Bonchev–Trinajstić information content (AvgIpc) is 2.40. The van der Waals surface area contributed by atoms with E-state index in [0.29, 0.717) is 12.4 Å². The summed E-state index contributed by atoms with van der Waals surface area (Å²) in [4.78, 5) is 10.6. The fourth-order valence-electron chi connectivity index (χ4n) is 2.49. The van der Waals surface area contributed by atoms with Crippen molar-refractivity contribution in [2.75, 3.05) is 12.5 Å². The monoisotopic (exact) mass is 251 g/mol. The molecule has 18 heavy (non-hydrogen) atoms. The number of hydrogen-bond donors (Lipinski definition) is 3. The van der Waals surface area contributed by atoms with E-state index in [4.69, 9.17) is 5.84 Å². The summed E-state index contributed by atoms with van der Waals surface area (Å²) in [5, 5.41) is 10.00. The summed E-state index contributed by atoms with van der Waals surface area (Å²) in [6.45, 7) is 0.694. The molecule has 0 bridgehead atoms. The van der Waals surface area contributed by atoms with Gasteiger partial charge in [0.25, 0.3) is 0 Å². The van der Waals surface area contributed by atoms with Crippen LogP contribution >= 0.6 is 0 Å². The standard InChI is InChI=1S/C12H21N5O/c1-17(10-4-2-3-5-11(10)18)8-9-6-15-12(16-13)7-14-9/h6-7,10-11,18H,2-5,8,13H2,1H3,(H,15,16). The zero-order valence-corrected chi connectivity index (χ0v) is 10.7. The van der Waals surface area contributed by atoms with Crippen LogP contribution < -0.4 is 11.3 Å². The molecule has 4 N–H and O–H groups in total. The molecule has 1 aliphatic carbocycles. The van der Waals surface area contributed by atoms with Crippen molar-refractivity contribution in [3.8, 4) is 0 Å². The van der Waals surface area contributed by atoms with Gasteiger partial charge in [-0.1, -0.05) is 12.8 Å². The normalized spacial score (nSPS) is 24.2. The molecule has 0 radical (unpaired) electrons. The Balaban J connectivity index is 1.94. The lowest BCUT2D eigenvalue weighted by atomic mass is 9.91. The second-order valence-corrected chi connectivity index (χ2v) is 4.87. The maximum atomic E-state index is 10.00. The van der Waals surface area contributed by atoms with Crippen molar-refractivity contribution in [3.05, 3.63) is 18.1 Å². The number of nitrogens with one attached hydrogen (secondary N) is 1. The Morgan fingerprint density at radius 1 is 1.39 bits per heavy atom. The van der Waals surface area contributed by atoms with E-state index < -0.39 is 0 Å². The van der Waals surface area contributed by atoms with Gasteiger partial charge in [0.2, 0.25) is 0 Å². The summed E-state index contributed by atoms with van der Waals surface area (Å²) in [5.74, 6) is 5.80. The first kappa shape index (κ1) is 13.2. The van der Waals surface area contributed by atoms with Gasteiger partial charge in [0.05, 0.1) is 24.2 Å². The molecule has 1 aromatic rings. The van der Waals surface area contributed by atoms with Crippen molar-refractivity contribution < 1.29 is 5.11 Å². The molecule has 2 rings (SSSR count). The summed E-state index contributed by atoms with van der Waals surface area (Å²) in [7, 11) is 2.02. The Labute approximate surface area is 107 Å². The Kier molecular flexibility index (Phi) is 4.46. The number of aliphatic hydroxyl groups is 1. The van der Waals surface area contributed by atoms with Crippen LogP contribution in [-0.4, -0.2) is 39.2 Å². The van der Waals surface area contributed by atoms with Crippen LogP contribution in [-0.2, 0) is 6.54 Å². The summed E-state index contributed by atoms with van der Waals surface area (Å²) in [6.07, 6.45) is 7.36. The molecule has 0 spiro atoms. The Hall–Kier alpha value is -1.24. The van der Waals surface area contributed by atoms with E-state index in [-0.39, 0.29) is 12.1 Å². The predicted octanol–water partition coefficient (Wildman–Crippen LogP) is 0.497. The highest BCUT2D eigenvalue weighted by molar-refractivity contribution is 5.28. The van der Waals surface area contributed by atoms with Crippen molar-refractivity contribution in [1.29, 1.82) is 0 Å². The number of hydrazine groups is 1. The highest BCUT2D eigenvalue weighted by Crippen LogP contribution is 2.23. The smallest absolute Gasteiger partial charge is 0.158 e. The third-order valence-electron chi connectivity index (χ3n) is 3.52. The molecule has 1 aromatic heterocycles. The van der Waals surface area contributed by atoms with Crippen molar-refractivity contribution in [2.45, 2.75) is 44.4 Å². The van der Waals surface area contributed by atoms with Crippen LogP contribution in [0.25, 0.3) is 0 Å². The number of nitrogens with zero attached hydrogens (tertiary/aromatic N) is 3. The quantitative estimate of drug-likeness (QED) is 0.533. The lowest BCUT2D eigenvalue weighted by molar-refractivity contribution is 0.0283. The second kappa shape index (κ2) is 6.08. The average molecular weight is 251 g/mol. The number of rotatable bonds is 4. The lowest BCUT2D eigenvalue weighted by Gasteiger charge is -2.34. The van der Waals surface area contributed by atoms with Crippen LogP contribution in [0.1, 0.15) is 31.4 Å². The molecule has 2 atom stereocenters. The first-order chi connectivity index (χ1) is 8.70. The second-order valence-electron chi connectivity index (χ2n) is 4.87. The van der Waals surface area contributed by atoms with Crippen LogP contribution in [0.15, 0.2) is 12.4 Å². The van der Waals surface area contributed by atoms with E-state index in [9.17, 15) is 5.11 Å². The van der Waals surface area contributed by atoms with E-state index in [1.807, 2.05) is 7.05 Å². The molecule has 100 valence electrons. The molecule has 1 saturated carbocycles. The molecular formula is C12H21N5O. The summed E-state index contributed by atoms with van der Waals surface area (Å²) < 4.78 is 0. The van der Waals surface area contributed by atoms with Crippen LogP contribution in [0.5, 0.6) is 0 Å². The van der Waals surface area contributed by atoms with Gasteiger partial charge in [-0.15, -0.1) is 0 Å². The van der Waals surface area contributed by atoms with E-state index >= 15 is 0 Å². The van der Waals surface area contributed by atoms with Gasteiger partial charge in [0, 0.05) is 12.6 Å². The van der Waals surface area contributed by atoms with Gasteiger partial charge in [-0.25, -0.2) is 10.8 Å². The zero-order chi connectivity index (χ0) is 13.0. The third-order valence-corrected chi connectivity index (χ3v) is 3.52. The first-order valence-corrected chi connectivity index (χ1v) is 6.36. The molecule has 0 saturated heterocycles. The predicted molar refractivity (Wildman–Crippen MR) is 69.6 cm³/mol. The number of nitrogens with two attached hydrogens (primary N) is 1. The molecule has 6 nitrogen and oxygen atoms in total. The van der Waals surface area contributed by atoms with E-state index in [2.05, 4.69) is 20.3 Å². The van der Waals surface area contributed by atoms with E-state index in [1.165, 1.54) is 6.42 Å². The molecule has 0 amide bonds. The van der Waals surface area contributed by atoms with Crippen LogP contribution in [0.3, 0.4) is 0 Å². The van der Waals surface area contributed by atoms with Gasteiger partial charge in [-0.2, -0.15) is 0 Å². The van der Waals surface area contributed by atoms with Gasteiger partial charge in [0.15, 0.2) is 5.82 Å². The lowest BCUT2D eigenvalue weighted by Crippen LogP contribution is -2.43. The Morgan fingerprint density at radius 2 is 2.17 bits per heavy atom. The number of hydrogen-bond acceptors (Lipinski definition) is 6. The fraction of sp³-hybridized carbons (Fsp3) is 0.667. The van der Waals surface area contributed by atoms with E-state index in [0.717, 1.165) is 25.0 Å². The SMILES string of the molecule is CN(Cc1cnc(NN)cn1)C1CCCCC1O. The third kappa shape index (κ3) is 3.16. The fourth-order valence-corrected chi connectivity index (χ4v) is 2.49. The highest BCUT2D eigenvalue weighted by atomic mass is 16.3. The zero-order valence-electron chi connectivity index (χ0n) is 10.7. The van der Waals surface area contributed by atoms with Gasteiger partial charge >= 0.3 is 0 Å². The van der Waals surface area contributed by atoms with Gasteiger partial charge in [0.1, 0.15) is 0 Å². The maximum Gasteiger partial charge on any atom is 0.158 e. The topological polar surface area (TPSA) is 87.3 Å². The van der Waals surface area contributed by atoms with Crippen LogP contribution in [0, 0.1) is 0 Å². The number of anilines is 1. The number of aliphatic hydroxyl groups excluding tert-OH is 1. The molecule has 0 aromatic carbocycles. The highest BCUT2D eigenvalue weighted by Gasteiger charge is 2.26. The molecule has 2 unspecified atom stereocenters. The Bertz CT molecular complexity index is 369. The van der Waals surface area contributed by atoms with Gasteiger partial charge in [-0.3, -0.25) is 9.88 Å². The molecule has 1 heterocycles. The molecule has 0 aliphatic heterocycles. The molecular weight excluding hydrogens is 230 g/mol. The van der Waals surface area contributed by atoms with Gasteiger partial charge < -0.3 is 10.5 Å². The van der Waals surface area contributed by atoms with Crippen LogP contribution in [0.2, 0.25) is 0 Å². The van der Waals surface area contributed by atoms with Crippen molar-refractivity contribution in [1.82, 2.24) is 14.9 Å². The minimum atomic E-state index is -0.221. The molecule has 1 fully saturated rings. The molecule has 1 aliphatic rings. The number of nitrogen functional groups attached to an aromatic ring is 1. The number of likely N-dealkylation sites (N-methyl/N-ethyl adjacent to an activating group) is 1. The summed E-state index contributed by atoms with van der Waals surface area (Å²) >= 11 is 0. The van der Waals surface area contributed by atoms with E-state index in [1.54, 1.807) is 12.4 Å². The van der Waals surface area contributed by atoms with Gasteiger partial charge in [-0.05, 0) is 19.9 Å². The summed E-state index contributed by atoms with van der Waals surface area (Å²) in [5.41, 5.74) is 3.33. The summed E-state index contributed by atoms with van der Waals surface area (Å²) in [6, 6.07) is 0.230. The minimum absolute atomic E-state index is 0.221. The largest absolute Gasteiger partial charge is 0.391 e.